The molecule has 0 radical (unpaired) electrons. The molecule has 112 valence electrons. The molecule has 1 heterocycles. The fraction of sp³-hybridized carbons (Fsp3) is 0.571. The summed E-state index contributed by atoms with van der Waals surface area (Å²) in [6, 6.07) is 3.68. The minimum absolute atomic E-state index is 0.0224. The lowest BCUT2D eigenvalue weighted by atomic mass is 9.98. The van der Waals surface area contributed by atoms with Gasteiger partial charge in [-0.3, -0.25) is 9.59 Å². The van der Waals surface area contributed by atoms with Gasteiger partial charge in [0.25, 0.3) is 5.91 Å². The molecule has 5 nitrogen and oxygen atoms in total. The molecular formula is C14H22N2O3S. The molecule has 6 heteroatoms. The van der Waals surface area contributed by atoms with Crippen molar-refractivity contribution >= 4 is 23.2 Å². The summed E-state index contributed by atoms with van der Waals surface area (Å²) < 4.78 is 5.03. The molecule has 20 heavy (non-hydrogen) atoms. The Morgan fingerprint density at radius 1 is 1.35 bits per heavy atom. The average Bonchev–Trinajstić information content (AvgIpc) is 2.85. The van der Waals surface area contributed by atoms with Crippen molar-refractivity contribution in [3.8, 4) is 0 Å². The molecule has 0 bridgehead atoms. The minimum atomic E-state index is -0.422. The van der Waals surface area contributed by atoms with Gasteiger partial charge < -0.3 is 15.4 Å². The molecule has 0 unspecified atom stereocenters. The SMILES string of the molecule is CNC(=O)CCC(C)(C)NC(=O)c1ccc(COC)s1. The molecule has 0 atom stereocenters. The number of rotatable bonds is 7. The Hall–Kier alpha value is -1.40. The lowest BCUT2D eigenvalue weighted by molar-refractivity contribution is -0.121. The smallest absolute Gasteiger partial charge is 0.261 e. The van der Waals surface area contributed by atoms with Gasteiger partial charge in [-0.25, -0.2) is 0 Å². The monoisotopic (exact) mass is 298 g/mol. The fourth-order valence-electron chi connectivity index (χ4n) is 1.70. The second kappa shape index (κ2) is 7.40. The lowest BCUT2D eigenvalue weighted by Gasteiger charge is -2.25. The minimum Gasteiger partial charge on any atom is -0.379 e. The summed E-state index contributed by atoms with van der Waals surface area (Å²) in [7, 11) is 3.23. The summed E-state index contributed by atoms with van der Waals surface area (Å²) in [5.41, 5.74) is -0.422. The topological polar surface area (TPSA) is 67.4 Å². The zero-order chi connectivity index (χ0) is 15.2. The number of thiophene rings is 1. The van der Waals surface area contributed by atoms with Gasteiger partial charge in [0, 0.05) is 31.0 Å². The molecule has 2 amide bonds. The fourth-order valence-corrected chi connectivity index (χ4v) is 2.58. The van der Waals surface area contributed by atoms with E-state index in [1.807, 2.05) is 19.9 Å². The maximum atomic E-state index is 12.2. The number of carbonyl (C=O) groups is 2. The van der Waals surface area contributed by atoms with E-state index in [0.717, 1.165) is 4.88 Å². The predicted molar refractivity (Wildman–Crippen MR) is 79.9 cm³/mol. The Morgan fingerprint density at radius 3 is 2.65 bits per heavy atom. The summed E-state index contributed by atoms with van der Waals surface area (Å²) >= 11 is 1.42. The van der Waals surface area contributed by atoms with E-state index < -0.39 is 5.54 Å². The molecule has 1 aromatic heterocycles. The van der Waals surface area contributed by atoms with E-state index in [9.17, 15) is 9.59 Å². The van der Waals surface area contributed by atoms with Gasteiger partial charge in [-0.2, -0.15) is 0 Å². The quantitative estimate of drug-likeness (QED) is 0.808. The maximum Gasteiger partial charge on any atom is 0.261 e. The van der Waals surface area contributed by atoms with Crippen molar-refractivity contribution < 1.29 is 14.3 Å². The Bertz CT molecular complexity index is 469. The third-order valence-corrected chi connectivity index (χ3v) is 3.94. The van der Waals surface area contributed by atoms with Gasteiger partial charge in [0.15, 0.2) is 0 Å². The van der Waals surface area contributed by atoms with E-state index in [4.69, 9.17) is 4.74 Å². The maximum absolute atomic E-state index is 12.2. The van der Waals surface area contributed by atoms with Crippen LogP contribution in [-0.4, -0.2) is 31.5 Å². The molecule has 2 N–H and O–H groups in total. The van der Waals surface area contributed by atoms with Crippen molar-refractivity contribution in [1.29, 1.82) is 0 Å². The normalized spacial score (nSPS) is 11.2. The molecular weight excluding hydrogens is 276 g/mol. The highest BCUT2D eigenvalue weighted by Crippen LogP contribution is 2.19. The van der Waals surface area contributed by atoms with Crippen LogP contribution in [0.15, 0.2) is 12.1 Å². The van der Waals surface area contributed by atoms with Crippen molar-refractivity contribution in [2.45, 2.75) is 38.8 Å². The van der Waals surface area contributed by atoms with E-state index in [-0.39, 0.29) is 11.8 Å². The van der Waals surface area contributed by atoms with Crippen molar-refractivity contribution in [2.75, 3.05) is 14.2 Å². The Morgan fingerprint density at radius 2 is 2.05 bits per heavy atom. The molecule has 0 saturated heterocycles. The Labute approximate surface area is 123 Å². The summed E-state index contributed by atoms with van der Waals surface area (Å²) in [6.45, 7) is 4.34. The highest BCUT2D eigenvalue weighted by Gasteiger charge is 2.22. The number of carbonyl (C=O) groups excluding carboxylic acids is 2. The average molecular weight is 298 g/mol. The van der Waals surface area contributed by atoms with Gasteiger partial charge in [0.2, 0.25) is 5.91 Å². The van der Waals surface area contributed by atoms with Gasteiger partial charge in [-0.05, 0) is 32.4 Å². The van der Waals surface area contributed by atoms with E-state index in [2.05, 4.69) is 10.6 Å². The molecule has 0 saturated carbocycles. The number of ether oxygens (including phenoxy) is 1. The lowest BCUT2D eigenvalue weighted by Crippen LogP contribution is -2.43. The molecule has 1 aromatic rings. The molecule has 0 fully saturated rings. The number of hydrogen-bond donors (Lipinski definition) is 2. The van der Waals surface area contributed by atoms with E-state index in [1.54, 1.807) is 20.2 Å². The second-order valence-corrected chi connectivity index (χ2v) is 6.38. The summed E-state index contributed by atoms with van der Waals surface area (Å²) in [5, 5.41) is 5.53. The van der Waals surface area contributed by atoms with Crippen LogP contribution in [0.25, 0.3) is 0 Å². The first-order valence-electron chi connectivity index (χ1n) is 6.48. The Kier molecular flexibility index (Phi) is 6.16. The third-order valence-electron chi connectivity index (χ3n) is 2.88. The van der Waals surface area contributed by atoms with Crippen LogP contribution in [0.2, 0.25) is 0 Å². The Balaban J connectivity index is 2.56. The van der Waals surface area contributed by atoms with Gasteiger partial charge in [0.1, 0.15) is 0 Å². The highest BCUT2D eigenvalue weighted by atomic mass is 32.1. The first-order chi connectivity index (χ1) is 9.38. The number of nitrogens with one attached hydrogen (secondary N) is 2. The highest BCUT2D eigenvalue weighted by molar-refractivity contribution is 7.14. The predicted octanol–water partition coefficient (Wildman–Crippen LogP) is 1.93. The van der Waals surface area contributed by atoms with Crippen molar-refractivity contribution in [2.24, 2.45) is 0 Å². The van der Waals surface area contributed by atoms with Crippen LogP contribution in [0, 0.1) is 0 Å². The van der Waals surface area contributed by atoms with Crippen LogP contribution in [0.5, 0.6) is 0 Å². The second-order valence-electron chi connectivity index (χ2n) is 5.21. The summed E-state index contributed by atoms with van der Waals surface area (Å²) in [6.07, 6.45) is 0.984. The number of amides is 2. The van der Waals surface area contributed by atoms with Gasteiger partial charge >= 0.3 is 0 Å². The van der Waals surface area contributed by atoms with Gasteiger partial charge in [-0.15, -0.1) is 11.3 Å². The molecule has 0 aliphatic rings. The first kappa shape index (κ1) is 16.7. The van der Waals surface area contributed by atoms with Crippen LogP contribution in [0.3, 0.4) is 0 Å². The van der Waals surface area contributed by atoms with Crippen LogP contribution in [0.4, 0.5) is 0 Å². The molecule has 0 spiro atoms. The summed E-state index contributed by atoms with van der Waals surface area (Å²) in [5.74, 6) is -0.134. The van der Waals surface area contributed by atoms with Crippen LogP contribution in [0.1, 0.15) is 41.2 Å². The van der Waals surface area contributed by atoms with Gasteiger partial charge in [0.05, 0.1) is 11.5 Å². The van der Waals surface area contributed by atoms with E-state index >= 15 is 0 Å². The largest absolute Gasteiger partial charge is 0.379 e. The molecule has 0 aliphatic heterocycles. The zero-order valence-electron chi connectivity index (χ0n) is 12.4. The summed E-state index contributed by atoms with van der Waals surface area (Å²) in [4.78, 5) is 25.1. The van der Waals surface area contributed by atoms with Crippen molar-refractivity contribution in [3.05, 3.63) is 21.9 Å². The number of hydrogen-bond acceptors (Lipinski definition) is 4. The van der Waals surface area contributed by atoms with Crippen molar-refractivity contribution in [3.63, 3.8) is 0 Å². The van der Waals surface area contributed by atoms with Crippen LogP contribution < -0.4 is 10.6 Å². The molecule has 1 rings (SSSR count). The van der Waals surface area contributed by atoms with E-state index in [1.165, 1.54) is 11.3 Å². The van der Waals surface area contributed by atoms with Gasteiger partial charge in [-0.1, -0.05) is 0 Å². The third kappa shape index (κ3) is 5.30. The first-order valence-corrected chi connectivity index (χ1v) is 7.30. The molecule has 0 aliphatic carbocycles. The molecule has 0 aromatic carbocycles. The standard InChI is InChI=1S/C14H22N2O3S/c1-14(2,8-7-12(17)15-3)16-13(18)11-6-5-10(20-11)9-19-4/h5-6H,7-9H2,1-4H3,(H,15,17)(H,16,18). The number of methoxy groups -OCH3 is 1. The van der Waals surface area contributed by atoms with E-state index in [0.29, 0.717) is 24.3 Å². The zero-order valence-corrected chi connectivity index (χ0v) is 13.2. The van der Waals surface area contributed by atoms with Crippen molar-refractivity contribution in [1.82, 2.24) is 10.6 Å². The van der Waals surface area contributed by atoms with Crippen LogP contribution in [-0.2, 0) is 16.1 Å². The van der Waals surface area contributed by atoms with Crippen LogP contribution >= 0.6 is 11.3 Å².